The lowest BCUT2D eigenvalue weighted by atomic mass is 10.7. The van der Waals surface area contributed by atoms with E-state index in [2.05, 4.69) is 25.2 Å². The lowest BCUT2D eigenvalue weighted by Crippen LogP contribution is -1.70. The summed E-state index contributed by atoms with van der Waals surface area (Å²) >= 11 is 0. The Hall–Kier alpha value is -1.98. The van der Waals surface area contributed by atoms with Crippen molar-refractivity contribution < 1.29 is 4.79 Å². The van der Waals surface area contributed by atoms with Crippen molar-refractivity contribution >= 4 is 12.4 Å². The van der Waals surface area contributed by atoms with Crippen LogP contribution in [-0.4, -0.2) is 22.3 Å². The lowest BCUT2D eigenvalue weighted by molar-refractivity contribution is 0.257. The van der Waals surface area contributed by atoms with E-state index in [4.69, 9.17) is 0 Å². The SMILES string of the molecule is O=C1N=CN=N1.c1cncnc1. The second kappa shape index (κ2) is 4.78. The zero-order valence-corrected chi connectivity index (χ0v) is 6.03. The number of hydrogen-bond acceptors (Lipinski definition) is 4. The molecule has 2 amide bonds. The summed E-state index contributed by atoms with van der Waals surface area (Å²) in [6.07, 6.45) is 5.99. The summed E-state index contributed by atoms with van der Waals surface area (Å²) in [5.41, 5.74) is 0. The number of hydrogen-bond donors (Lipinski definition) is 0. The van der Waals surface area contributed by atoms with Crippen LogP contribution in [0.2, 0.25) is 0 Å². The van der Waals surface area contributed by atoms with Gasteiger partial charge in [0.05, 0.1) is 0 Å². The molecule has 0 fully saturated rings. The van der Waals surface area contributed by atoms with Crippen LogP contribution in [0.5, 0.6) is 0 Å². The Morgan fingerprint density at radius 2 is 1.92 bits per heavy atom. The number of azo groups is 1. The van der Waals surface area contributed by atoms with Crippen molar-refractivity contribution in [2.45, 2.75) is 0 Å². The molecular formula is C6H5N5O. The molecule has 0 saturated heterocycles. The molecule has 0 atom stereocenters. The highest BCUT2D eigenvalue weighted by Crippen LogP contribution is 1.87. The number of nitrogens with zero attached hydrogens (tertiary/aromatic N) is 5. The molecule has 0 radical (unpaired) electrons. The summed E-state index contributed by atoms with van der Waals surface area (Å²) < 4.78 is 0. The van der Waals surface area contributed by atoms with Gasteiger partial charge >= 0.3 is 6.03 Å². The first-order chi connectivity index (χ1) is 5.89. The average Bonchev–Trinajstić information content (AvgIpc) is 2.60. The van der Waals surface area contributed by atoms with E-state index in [0.29, 0.717) is 0 Å². The van der Waals surface area contributed by atoms with Crippen LogP contribution in [-0.2, 0) is 0 Å². The maximum Gasteiger partial charge on any atom is 0.387 e. The van der Waals surface area contributed by atoms with Crippen LogP contribution in [0.4, 0.5) is 4.79 Å². The van der Waals surface area contributed by atoms with Gasteiger partial charge in [-0.3, -0.25) is 0 Å². The first kappa shape index (κ1) is 8.12. The standard InChI is InChI=1S/C4H4N2.C2HN3O/c1-2-5-4-6-3-1;6-2-3-1-4-5-2/h1-4H;1H. The maximum absolute atomic E-state index is 9.78. The van der Waals surface area contributed by atoms with Crippen LogP contribution >= 0.6 is 0 Å². The largest absolute Gasteiger partial charge is 0.387 e. The second-order valence-corrected chi connectivity index (χ2v) is 1.65. The number of carbonyl (C=O) groups excluding carboxylic acids is 1. The summed E-state index contributed by atoms with van der Waals surface area (Å²) in [6, 6.07) is 1.26. The highest BCUT2D eigenvalue weighted by Gasteiger charge is 1.93. The van der Waals surface area contributed by atoms with Gasteiger partial charge in [0.15, 0.2) is 0 Å². The van der Waals surface area contributed by atoms with Crippen molar-refractivity contribution in [2.24, 2.45) is 15.2 Å². The van der Waals surface area contributed by atoms with E-state index in [1.165, 1.54) is 6.33 Å². The first-order valence-electron chi connectivity index (χ1n) is 3.07. The smallest absolute Gasteiger partial charge is 0.245 e. The fourth-order valence-electron chi connectivity index (χ4n) is 0.430. The number of amides is 2. The molecule has 0 N–H and O–H groups in total. The fraction of sp³-hybridized carbons (Fsp3) is 0. The van der Waals surface area contributed by atoms with Crippen molar-refractivity contribution in [1.82, 2.24) is 9.97 Å². The molecule has 0 aromatic carbocycles. The van der Waals surface area contributed by atoms with E-state index in [-0.39, 0.29) is 0 Å². The van der Waals surface area contributed by atoms with Gasteiger partial charge in [0, 0.05) is 12.4 Å². The summed E-state index contributed by atoms with van der Waals surface area (Å²) in [4.78, 5) is 20.3. The van der Waals surface area contributed by atoms with Crippen molar-refractivity contribution in [3.63, 3.8) is 0 Å². The minimum atomic E-state index is -0.519. The number of aromatic nitrogens is 2. The predicted octanol–water partition coefficient (Wildman–Crippen LogP) is 1.08. The second-order valence-electron chi connectivity index (χ2n) is 1.65. The Kier molecular flexibility index (Phi) is 3.23. The van der Waals surface area contributed by atoms with E-state index in [9.17, 15) is 4.79 Å². The molecule has 0 bridgehead atoms. The topological polar surface area (TPSA) is 79.9 Å². The van der Waals surface area contributed by atoms with Crippen LogP contribution in [0.15, 0.2) is 40.0 Å². The molecular weight excluding hydrogens is 158 g/mol. The summed E-state index contributed by atoms with van der Waals surface area (Å²) in [5, 5.41) is 6.15. The fourth-order valence-corrected chi connectivity index (χ4v) is 0.430. The van der Waals surface area contributed by atoms with Crippen molar-refractivity contribution in [3.05, 3.63) is 24.8 Å². The number of urea groups is 1. The van der Waals surface area contributed by atoms with Crippen molar-refractivity contribution in [2.75, 3.05) is 0 Å². The minimum absolute atomic E-state index is 0.519. The predicted molar refractivity (Wildman–Crippen MR) is 40.8 cm³/mol. The van der Waals surface area contributed by atoms with Gasteiger partial charge in [-0.1, -0.05) is 5.11 Å². The zero-order chi connectivity index (χ0) is 8.65. The Bertz CT molecular complexity index is 253. The number of aliphatic imine (C=N–C) groups is 1. The molecule has 2 rings (SSSR count). The Morgan fingerprint density at radius 1 is 1.17 bits per heavy atom. The van der Waals surface area contributed by atoms with E-state index >= 15 is 0 Å². The van der Waals surface area contributed by atoms with Gasteiger partial charge in [-0.25, -0.2) is 14.8 Å². The van der Waals surface area contributed by atoms with E-state index < -0.39 is 6.03 Å². The van der Waals surface area contributed by atoms with Gasteiger partial charge in [-0.2, -0.15) is 4.99 Å². The molecule has 2 heterocycles. The van der Waals surface area contributed by atoms with Crippen LogP contribution in [0.25, 0.3) is 0 Å². The summed E-state index contributed by atoms with van der Waals surface area (Å²) in [7, 11) is 0. The Morgan fingerprint density at radius 3 is 2.08 bits per heavy atom. The van der Waals surface area contributed by atoms with E-state index in [1.54, 1.807) is 18.5 Å². The average molecular weight is 163 g/mol. The third-order valence-electron chi connectivity index (χ3n) is 0.841. The molecule has 1 aliphatic heterocycles. The van der Waals surface area contributed by atoms with Gasteiger partial charge in [0.1, 0.15) is 12.7 Å². The van der Waals surface area contributed by atoms with Crippen molar-refractivity contribution in [1.29, 1.82) is 0 Å². The van der Waals surface area contributed by atoms with Gasteiger partial charge in [0.2, 0.25) is 0 Å². The summed E-state index contributed by atoms with van der Waals surface area (Å²) in [5.74, 6) is 0. The molecule has 6 nitrogen and oxygen atoms in total. The summed E-state index contributed by atoms with van der Waals surface area (Å²) in [6.45, 7) is 0. The Labute approximate surface area is 68.1 Å². The maximum atomic E-state index is 9.78. The van der Waals surface area contributed by atoms with Gasteiger partial charge < -0.3 is 0 Å². The third-order valence-corrected chi connectivity index (χ3v) is 0.841. The zero-order valence-electron chi connectivity index (χ0n) is 6.03. The quantitative estimate of drug-likeness (QED) is 0.573. The first-order valence-corrected chi connectivity index (χ1v) is 3.07. The van der Waals surface area contributed by atoms with Gasteiger partial charge in [-0.15, -0.1) is 5.11 Å². The molecule has 1 aliphatic rings. The number of rotatable bonds is 0. The highest BCUT2D eigenvalue weighted by molar-refractivity contribution is 5.87. The van der Waals surface area contributed by atoms with E-state index in [1.807, 2.05) is 0 Å². The molecule has 0 saturated carbocycles. The highest BCUT2D eigenvalue weighted by atomic mass is 16.2. The number of carbonyl (C=O) groups is 1. The van der Waals surface area contributed by atoms with Crippen molar-refractivity contribution in [3.8, 4) is 0 Å². The third kappa shape index (κ3) is 3.25. The Balaban J connectivity index is 0.000000120. The molecule has 6 heteroatoms. The molecule has 0 unspecified atom stereocenters. The lowest BCUT2D eigenvalue weighted by Gasteiger charge is -1.70. The van der Waals surface area contributed by atoms with Crippen LogP contribution in [0, 0.1) is 0 Å². The van der Waals surface area contributed by atoms with Gasteiger partial charge in [-0.05, 0) is 6.07 Å². The molecule has 0 aliphatic carbocycles. The minimum Gasteiger partial charge on any atom is -0.245 e. The molecule has 0 spiro atoms. The normalized spacial score (nSPS) is 12.5. The molecule has 1 aromatic rings. The molecule has 60 valence electrons. The molecule has 1 aromatic heterocycles. The van der Waals surface area contributed by atoms with Crippen LogP contribution < -0.4 is 0 Å². The van der Waals surface area contributed by atoms with Crippen LogP contribution in [0.1, 0.15) is 0 Å². The molecule has 12 heavy (non-hydrogen) atoms. The van der Waals surface area contributed by atoms with Gasteiger partial charge in [0.25, 0.3) is 0 Å². The van der Waals surface area contributed by atoms with E-state index in [0.717, 1.165) is 6.34 Å². The monoisotopic (exact) mass is 163 g/mol. The van der Waals surface area contributed by atoms with Crippen LogP contribution in [0.3, 0.4) is 0 Å².